The van der Waals surface area contributed by atoms with Gasteiger partial charge in [0.1, 0.15) is 5.75 Å². The molecule has 12 heavy (non-hydrogen) atoms. The topological polar surface area (TPSA) is 9.23 Å². The lowest BCUT2D eigenvalue weighted by molar-refractivity contribution is 0.357. The molecule has 0 saturated carbocycles. The fraction of sp³-hybridized carbons (Fsp3) is 0.455. The highest BCUT2D eigenvalue weighted by Gasteiger charge is 2.15. The lowest BCUT2D eigenvalue weighted by atomic mass is 9.99. The fourth-order valence-corrected chi connectivity index (χ4v) is 1.87. The van der Waals surface area contributed by atoms with Gasteiger partial charge in [0.2, 0.25) is 0 Å². The molecule has 0 unspecified atom stereocenters. The number of rotatable bonds is 1. The van der Waals surface area contributed by atoms with Gasteiger partial charge in [-0.05, 0) is 30.5 Å². The van der Waals surface area contributed by atoms with Gasteiger partial charge in [0.05, 0.1) is 6.61 Å². The largest absolute Gasteiger partial charge is 0.493 e. The van der Waals surface area contributed by atoms with Crippen LogP contribution in [0.2, 0.25) is 0 Å². The van der Waals surface area contributed by atoms with E-state index in [4.69, 9.17) is 4.74 Å². The van der Waals surface area contributed by atoms with Gasteiger partial charge < -0.3 is 4.74 Å². The monoisotopic (exact) mass is 162 g/mol. The number of fused-ring (bicyclic) bond motifs is 1. The standard InChI is InChI=1S/C11H14O/c1-3-9-4-5-11-10(8(9)2)6-7-12-11/h4-5H,3,6-7H2,1-2H3. The predicted octanol–water partition coefficient (Wildman–Crippen LogP) is 2.49. The highest BCUT2D eigenvalue weighted by atomic mass is 16.5. The summed E-state index contributed by atoms with van der Waals surface area (Å²) in [4.78, 5) is 0. The third-order valence-electron chi connectivity index (χ3n) is 2.66. The molecule has 0 aliphatic carbocycles. The molecule has 0 spiro atoms. The van der Waals surface area contributed by atoms with Crippen molar-refractivity contribution in [3.05, 3.63) is 28.8 Å². The Morgan fingerprint density at radius 3 is 3.00 bits per heavy atom. The zero-order valence-corrected chi connectivity index (χ0v) is 7.68. The van der Waals surface area contributed by atoms with Crippen LogP contribution in [-0.2, 0) is 12.8 Å². The first-order valence-corrected chi connectivity index (χ1v) is 4.57. The molecule has 1 heterocycles. The minimum absolute atomic E-state index is 0.864. The number of aryl methyl sites for hydroxylation is 1. The Hall–Kier alpha value is -0.980. The fourth-order valence-electron chi connectivity index (χ4n) is 1.87. The van der Waals surface area contributed by atoms with E-state index in [1.165, 1.54) is 16.7 Å². The molecule has 1 aliphatic rings. The van der Waals surface area contributed by atoms with Crippen molar-refractivity contribution in [3.8, 4) is 5.75 Å². The molecule has 1 heteroatoms. The summed E-state index contributed by atoms with van der Waals surface area (Å²) in [6.45, 7) is 5.26. The van der Waals surface area contributed by atoms with Gasteiger partial charge in [-0.3, -0.25) is 0 Å². The van der Waals surface area contributed by atoms with Crippen LogP contribution in [0.15, 0.2) is 12.1 Å². The molecule has 0 saturated heterocycles. The Morgan fingerprint density at radius 2 is 2.25 bits per heavy atom. The summed E-state index contributed by atoms with van der Waals surface area (Å²) in [6, 6.07) is 4.29. The summed E-state index contributed by atoms with van der Waals surface area (Å²) in [5, 5.41) is 0. The van der Waals surface area contributed by atoms with E-state index in [2.05, 4.69) is 26.0 Å². The van der Waals surface area contributed by atoms with Crippen molar-refractivity contribution in [3.63, 3.8) is 0 Å². The van der Waals surface area contributed by atoms with Crippen LogP contribution in [0.25, 0.3) is 0 Å². The second-order valence-electron chi connectivity index (χ2n) is 3.28. The molecule has 0 atom stereocenters. The summed E-state index contributed by atoms with van der Waals surface area (Å²) >= 11 is 0. The van der Waals surface area contributed by atoms with Crippen molar-refractivity contribution in [2.45, 2.75) is 26.7 Å². The lowest BCUT2D eigenvalue weighted by Crippen LogP contribution is -1.91. The Balaban J connectivity index is 2.54. The summed E-state index contributed by atoms with van der Waals surface area (Å²) < 4.78 is 5.48. The van der Waals surface area contributed by atoms with E-state index >= 15 is 0 Å². The molecule has 0 fully saturated rings. The van der Waals surface area contributed by atoms with Gasteiger partial charge in [0.15, 0.2) is 0 Å². The van der Waals surface area contributed by atoms with Gasteiger partial charge in [0.25, 0.3) is 0 Å². The summed E-state index contributed by atoms with van der Waals surface area (Å²) in [5.74, 6) is 1.10. The van der Waals surface area contributed by atoms with E-state index in [9.17, 15) is 0 Å². The van der Waals surface area contributed by atoms with Crippen LogP contribution in [0.1, 0.15) is 23.6 Å². The van der Waals surface area contributed by atoms with Crippen LogP contribution < -0.4 is 4.74 Å². The summed E-state index contributed by atoms with van der Waals surface area (Å²) in [7, 11) is 0. The van der Waals surface area contributed by atoms with E-state index < -0.39 is 0 Å². The third-order valence-corrected chi connectivity index (χ3v) is 2.66. The van der Waals surface area contributed by atoms with Crippen molar-refractivity contribution in [2.75, 3.05) is 6.61 Å². The van der Waals surface area contributed by atoms with Crippen molar-refractivity contribution in [2.24, 2.45) is 0 Å². The van der Waals surface area contributed by atoms with Crippen LogP contribution in [-0.4, -0.2) is 6.61 Å². The molecule has 0 amide bonds. The second kappa shape index (κ2) is 2.81. The Labute approximate surface area is 73.4 Å². The molecule has 1 aliphatic heterocycles. The smallest absolute Gasteiger partial charge is 0.122 e. The quantitative estimate of drug-likeness (QED) is 0.616. The van der Waals surface area contributed by atoms with Crippen molar-refractivity contribution >= 4 is 0 Å². The highest BCUT2D eigenvalue weighted by molar-refractivity contribution is 5.46. The zero-order chi connectivity index (χ0) is 8.55. The van der Waals surface area contributed by atoms with Gasteiger partial charge in [-0.15, -0.1) is 0 Å². The molecule has 64 valence electrons. The Bertz CT molecular complexity index is 302. The summed E-state index contributed by atoms with van der Waals surface area (Å²) in [5.41, 5.74) is 4.32. The molecule has 0 bridgehead atoms. The first-order valence-electron chi connectivity index (χ1n) is 4.57. The van der Waals surface area contributed by atoms with Gasteiger partial charge >= 0.3 is 0 Å². The van der Waals surface area contributed by atoms with Gasteiger partial charge in [-0.1, -0.05) is 13.0 Å². The van der Waals surface area contributed by atoms with E-state index in [0.29, 0.717) is 0 Å². The molecule has 1 nitrogen and oxygen atoms in total. The van der Waals surface area contributed by atoms with Gasteiger partial charge in [0, 0.05) is 12.0 Å². The molecule has 1 aromatic rings. The van der Waals surface area contributed by atoms with E-state index in [1.807, 2.05) is 0 Å². The highest BCUT2D eigenvalue weighted by Crippen LogP contribution is 2.30. The molecular formula is C11H14O. The van der Waals surface area contributed by atoms with Crippen molar-refractivity contribution in [1.82, 2.24) is 0 Å². The molecule has 0 aromatic heterocycles. The second-order valence-corrected chi connectivity index (χ2v) is 3.28. The number of hydrogen-bond donors (Lipinski definition) is 0. The average Bonchev–Trinajstić information content (AvgIpc) is 2.53. The Morgan fingerprint density at radius 1 is 1.42 bits per heavy atom. The van der Waals surface area contributed by atoms with E-state index in [0.717, 1.165) is 25.2 Å². The third kappa shape index (κ3) is 1.01. The van der Waals surface area contributed by atoms with Crippen molar-refractivity contribution in [1.29, 1.82) is 0 Å². The number of benzene rings is 1. The SMILES string of the molecule is CCc1ccc2c(c1C)CCO2. The maximum absolute atomic E-state index is 5.48. The molecule has 0 N–H and O–H groups in total. The normalized spacial score (nSPS) is 14.2. The zero-order valence-electron chi connectivity index (χ0n) is 7.68. The van der Waals surface area contributed by atoms with Crippen LogP contribution in [0.3, 0.4) is 0 Å². The maximum atomic E-state index is 5.48. The molecule has 1 aromatic carbocycles. The minimum Gasteiger partial charge on any atom is -0.493 e. The first kappa shape index (κ1) is 7.66. The minimum atomic E-state index is 0.864. The van der Waals surface area contributed by atoms with Crippen LogP contribution in [0.5, 0.6) is 5.75 Å². The average molecular weight is 162 g/mol. The maximum Gasteiger partial charge on any atom is 0.122 e. The van der Waals surface area contributed by atoms with Crippen LogP contribution in [0, 0.1) is 6.92 Å². The molecular weight excluding hydrogens is 148 g/mol. The van der Waals surface area contributed by atoms with E-state index in [-0.39, 0.29) is 0 Å². The predicted molar refractivity (Wildman–Crippen MR) is 49.8 cm³/mol. The van der Waals surface area contributed by atoms with Crippen molar-refractivity contribution < 1.29 is 4.74 Å². The number of hydrogen-bond acceptors (Lipinski definition) is 1. The summed E-state index contributed by atoms with van der Waals surface area (Å²) in [6.07, 6.45) is 2.22. The van der Waals surface area contributed by atoms with Crippen LogP contribution >= 0.6 is 0 Å². The molecule has 2 rings (SSSR count). The number of ether oxygens (including phenoxy) is 1. The lowest BCUT2D eigenvalue weighted by Gasteiger charge is -2.07. The van der Waals surface area contributed by atoms with Crippen LogP contribution in [0.4, 0.5) is 0 Å². The van der Waals surface area contributed by atoms with Gasteiger partial charge in [-0.2, -0.15) is 0 Å². The molecule has 0 radical (unpaired) electrons. The first-order chi connectivity index (χ1) is 5.83. The van der Waals surface area contributed by atoms with Gasteiger partial charge in [-0.25, -0.2) is 0 Å². The van der Waals surface area contributed by atoms with E-state index in [1.54, 1.807) is 0 Å². The Kier molecular flexibility index (Phi) is 1.80.